The Morgan fingerprint density at radius 1 is 1.41 bits per heavy atom. The molecule has 0 atom stereocenters. The van der Waals surface area contributed by atoms with E-state index < -0.39 is 0 Å². The molecule has 96 valence electrons. The molecule has 1 saturated carbocycles. The summed E-state index contributed by atoms with van der Waals surface area (Å²) in [6, 6.07) is 0. The maximum Gasteiger partial charge on any atom is 0.147 e. The van der Waals surface area contributed by atoms with Gasteiger partial charge in [-0.15, -0.1) is 0 Å². The molecule has 0 radical (unpaired) electrons. The summed E-state index contributed by atoms with van der Waals surface area (Å²) in [4.78, 5) is 0. The van der Waals surface area contributed by atoms with Gasteiger partial charge in [0, 0.05) is 13.6 Å². The van der Waals surface area contributed by atoms with Gasteiger partial charge in [-0.1, -0.05) is 26.7 Å². The van der Waals surface area contributed by atoms with Crippen LogP contribution in [-0.4, -0.2) is 16.3 Å². The van der Waals surface area contributed by atoms with Crippen LogP contribution in [0.1, 0.15) is 45.2 Å². The van der Waals surface area contributed by atoms with Crippen LogP contribution in [0.4, 0.5) is 11.5 Å². The molecule has 1 aromatic heterocycles. The Morgan fingerprint density at radius 2 is 2.06 bits per heavy atom. The number of nitrogen functional groups attached to an aromatic ring is 1. The first kappa shape index (κ1) is 12.3. The van der Waals surface area contributed by atoms with E-state index in [0.717, 1.165) is 30.2 Å². The Morgan fingerprint density at radius 3 is 2.59 bits per heavy atom. The number of hydrogen-bond acceptors (Lipinski definition) is 3. The molecule has 2 rings (SSSR count). The lowest BCUT2D eigenvalue weighted by Crippen LogP contribution is -2.24. The molecule has 4 nitrogen and oxygen atoms in total. The third-order valence-corrected chi connectivity index (χ3v) is 3.99. The summed E-state index contributed by atoms with van der Waals surface area (Å²) in [6.45, 7) is 5.45. The highest BCUT2D eigenvalue weighted by molar-refractivity contribution is 5.65. The average Bonchev–Trinajstić information content (AvgIpc) is 2.83. The van der Waals surface area contributed by atoms with Crippen LogP contribution in [0.3, 0.4) is 0 Å². The predicted octanol–water partition coefficient (Wildman–Crippen LogP) is 2.56. The molecule has 0 bridgehead atoms. The third-order valence-electron chi connectivity index (χ3n) is 3.99. The molecule has 0 aromatic carbocycles. The fourth-order valence-corrected chi connectivity index (χ4v) is 2.77. The van der Waals surface area contributed by atoms with Crippen molar-refractivity contribution in [1.82, 2.24) is 9.78 Å². The minimum absolute atomic E-state index is 0.434. The number of nitrogens with one attached hydrogen (secondary N) is 1. The highest BCUT2D eigenvalue weighted by Crippen LogP contribution is 2.38. The van der Waals surface area contributed by atoms with E-state index in [-0.39, 0.29) is 0 Å². The first-order valence-corrected chi connectivity index (χ1v) is 6.61. The second-order valence-corrected chi connectivity index (χ2v) is 5.56. The molecular formula is C13H24N4. The monoisotopic (exact) mass is 236 g/mol. The van der Waals surface area contributed by atoms with E-state index in [1.807, 2.05) is 11.7 Å². The lowest BCUT2D eigenvalue weighted by atomic mass is 9.89. The van der Waals surface area contributed by atoms with Gasteiger partial charge >= 0.3 is 0 Å². The number of aromatic nitrogens is 2. The van der Waals surface area contributed by atoms with Crippen molar-refractivity contribution >= 4 is 11.5 Å². The topological polar surface area (TPSA) is 55.9 Å². The number of rotatable bonds is 4. The van der Waals surface area contributed by atoms with Crippen LogP contribution in [-0.2, 0) is 13.5 Å². The van der Waals surface area contributed by atoms with E-state index in [0.29, 0.717) is 5.41 Å². The van der Waals surface area contributed by atoms with Gasteiger partial charge in [-0.3, -0.25) is 4.68 Å². The predicted molar refractivity (Wildman–Crippen MR) is 72.1 cm³/mol. The van der Waals surface area contributed by atoms with Crippen molar-refractivity contribution in [2.24, 2.45) is 12.5 Å². The van der Waals surface area contributed by atoms with Crippen LogP contribution in [0.5, 0.6) is 0 Å². The summed E-state index contributed by atoms with van der Waals surface area (Å²) in [5.41, 5.74) is 8.34. The molecule has 0 spiro atoms. The summed E-state index contributed by atoms with van der Waals surface area (Å²) < 4.78 is 1.87. The van der Waals surface area contributed by atoms with Crippen LogP contribution in [0, 0.1) is 5.41 Å². The van der Waals surface area contributed by atoms with Gasteiger partial charge in [0.2, 0.25) is 0 Å². The van der Waals surface area contributed by atoms with E-state index in [1.54, 1.807) is 0 Å². The third kappa shape index (κ3) is 2.40. The van der Waals surface area contributed by atoms with Gasteiger partial charge in [-0.25, -0.2) is 0 Å². The van der Waals surface area contributed by atoms with E-state index in [9.17, 15) is 0 Å². The van der Waals surface area contributed by atoms with Crippen molar-refractivity contribution in [3.63, 3.8) is 0 Å². The van der Waals surface area contributed by atoms with E-state index in [2.05, 4.69) is 24.3 Å². The second kappa shape index (κ2) is 4.59. The van der Waals surface area contributed by atoms with Crippen molar-refractivity contribution in [2.45, 2.75) is 46.0 Å². The molecule has 17 heavy (non-hydrogen) atoms. The van der Waals surface area contributed by atoms with Gasteiger partial charge in [-0.2, -0.15) is 5.10 Å². The van der Waals surface area contributed by atoms with Crippen molar-refractivity contribution in [2.75, 3.05) is 17.6 Å². The van der Waals surface area contributed by atoms with Crippen molar-refractivity contribution in [3.05, 3.63) is 5.69 Å². The Labute approximate surface area is 104 Å². The molecule has 4 heteroatoms. The molecule has 1 fully saturated rings. The van der Waals surface area contributed by atoms with Crippen LogP contribution in [0.15, 0.2) is 0 Å². The summed E-state index contributed by atoms with van der Waals surface area (Å²) in [6.07, 6.45) is 6.24. The summed E-state index contributed by atoms with van der Waals surface area (Å²) in [5.74, 6) is 0.981. The van der Waals surface area contributed by atoms with E-state index in [4.69, 9.17) is 5.73 Å². The largest absolute Gasteiger partial charge is 0.394 e. The first-order chi connectivity index (χ1) is 8.06. The zero-order chi connectivity index (χ0) is 12.5. The maximum absolute atomic E-state index is 6.10. The Hall–Kier alpha value is -1.19. The van der Waals surface area contributed by atoms with Gasteiger partial charge < -0.3 is 11.1 Å². The molecule has 1 aromatic rings. The number of aryl methyl sites for hydroxylation is 2. The van der Waals surface area contributed by atoms with Gasteiger partial charge in [0.25, 0.3) is 0 Å². The number of nitrogens with two attached hydrogens (primary N) is 1. The quantitative estimate of drug-likeness (QED) is 0.844. The first-order valence-electron chi connectivity index (χ1n) is 6.61. The average molecular weight is 236 g/mol. The Balaban J connectivity index is 2.06. The highest BCUT2D eigenvalue weighted by atomic mass is 15.3. The van der Waals surface area contributed by atoms with Gasteiger partial charge in [0.05, 0.1) is 11.4 Å². The van der Waals surface area contributed by atoms with Gasteiger partial charge in [-0.05, 0) is 24.7 Å². The van der Waals surface area contributed by atoms with Crippen LogP contribution in [0.2, 0.25) is 0 Å². The summed E-state index contributed by atoms with van der Waals surface area (Å²) in [7, 11) is 1.95. The van der Waals surface area contributed by atoms with E-state index >= 15 is 0 Å². The van der Waals surface area contributed by atoms with Gasteiger partial charge in [0.1, 0.15) is 5.82 Å². The number of hydrogen-bond donors (Lipinski definition) is 2. The Kier molecular flexibility index (Phi) is 3.31. The number of anilines is 2. The normalized spacial score (nSPS) is 18.5. The smallest absolute Gasteiger partial charge is 0.147 e. The minimum atomic E-state index is 0.434. The van der Waals surface area contributed by atoms with Crippen molar-refractivity contribution in [1.29, 1.82) is 0 Å². The SMILES string of the molecule is CCc1nn(C)c(NCC2(C)CCCC2)c1N. The van der Waals surface area contributed by atoms with Crippen molar-refractivity contribution in [3.8, 4) is 0 Å². The van der Waals surface area contributed by atoms with Gasteiger partial charge in [0.15, 0.2) is 0 Å². The van der Waals surface area contributed by atoms with Crippen LogP contribution >= 0.6 is 0 Å². The van der Waals surface area contributed by atoms with E-state index in [1.165, 1.54) is 25.7 Å². The molecule has 1 aliphatic rings. The second-order valence-electron chi connectivity index (χ2n) is 5.56. The Bertz CT molecular complexity index is 388. The van der Waals surface area contributed by atoms with Crippen LogP contribution < -0.4 is 11.1 Å². The molecule has 1 aliphatic carbocycles. The minimum Gasteiger partial charge on any atom is -0.394 e. The molecule has 0 unspecified atom stereocenters. The summed E-state index contributed by atoms with van der Waals surface area (Å²) in [5, 5.41) is 7.92. The molecule has 3 N–H and O–H groups in total. The lowest BCUT2D eigenvalue weighted by molar-refractivity contribution is 0.361. The molecule has 0 saturated heterocycles. The fourth-order valence-electron chi connectivity index (χ4n) is 2.77. The lowest BCUT2D eigenvalue weighted by Gasteiger charge is -2.24. The molecular weight excluding hydrogens is 212 g/mol. The zero-order valence-corrected chi connectivity index (χ0v) is 11.2. The standard InChI is InChI=1S/C13H24N4/c1-4-10-11(14)12(17(3)16-10)15-9-13(2)7-5-6-8-13/h15H,4-9,14H2,1-3H3. The maximum atomic E-state index is 6.10. The van der Waals surface area contributed by atoms with Crippen molar-refractivity contribution < 1.29 is 0 Å². The molecule has 1 heterocycles. The summed E-state index contributed by atoms with van der Waals surface area (Å²) >= 11 is 0. The zero-order valence-electron chi connectivity index (χ0n) is 11.2. The number of nitrogens with zero attached hydrogens (tertiary/aromatic N) is 2. The molecule has 0 amide bonds. The fraction of sp³-hybridized carbons (Fsp3) is 0.769. The van der Waals surface area contributed by atoms with Crippen LogP contribution in [0.25, 0.3) is 0 Å². The molecule has 0 aliphatic heterocycles. The highest BCUT2D eigenvalue weighted by Gasteiger charge is 2.28.